The lowest BCUT2D eigenvalue weighted by Gasteiger charge is -2.15. The number of carboxylic acid groups (broad SMARTS) is 1. The molecular weight excluding hydrogens is 212 g/mol. The van der Waals surface area contributed by atoms with Gasteiger partial charge in [0.05, 0.1) is 0 Å². The third kappa shape index (κ3) is 4.59. The first-order valence-corrected chi connectivity index (χ1v) is 6.48. The van der Waals surface area contributed by atoms with E-state index in [4.69, 9.17) is 5.11 Å². The van der Waals surface area contributed by atoms with Crippen molar-refractivity contribution in [3.05, 3.63) is 35.4 Å². The highest BCUT2D eigenvalue weighted by molar-refractivity contribution is 5.67. The molecule has 17 heavy (non-hydrogen) atoms. The number of aliphatic carboxylic acids is 1. The van der Waals surface area contributed by atoms with E-state index in [1.807, 2.05) is 12.1 Å². The summed E-state index contributed by atoms with van der Waals surface area (Å²) in [6.07, 6.45) is 4.40. The molecule has 0 heterocycles. The van der Waals surface area contributed by atoms with Crippen molar-refractivity contribution in [3.8, 4) is 0 Å². The van der Waals surface area contributed by atoms with Crippen LogP contribution in [0.5, 0.6) is 0 Å². The van der Waals surface area contributed by atoms with Gasteiger partial charge in [0.15, 0.2) is 0 Å². The minimum absolute atomic E-state index is 0.216. The molecule has 0 aliphatic carbocycles. The molecule has 0 aliphatic rings. The van der Waals surface area contributed by atoms with E-state index < -0.39 is 5.97 Å². The van der Waals surface area contributed by atoms with Crippen molar-refractivity contribution in [1.29, 1.82) is 0 Å². The Kier molecular flexibility index (Phi) is 5.75. The van der Waals surface area contributed by atoms with Crippen molar-refractivity contribution >= 4 is 5.97 Å². The van der Waals surface area contributed by atoms with Gasteiger partial charge in [0.25, 0.3) is 0 Å². The van der Waals surface area contributed by atoms with Gasteiger partial charge in [-0.3, -0.25) is 4.79 Å². The highest BCUT2D eigenvalue weighted by atomic mass is 16.4. The predicted molar refractivity (Wildman–Crippen MR) is 70.3 cm³/mol. The van der Waals surface area contributed by atoms with Crippen molar-refractivity contribution in [1.82, 2.24) is 0 Å². The maximum Gasteiger partial charge on any atom is 0.303 e. The second-order valence-corrected chi connectivity index (χ2v) is 4.53. The van der Waals surface area contributed by atoms with Crippen LogP contribution in [-0.4, -0.2) is 11.1 Å². The van der Waals surface area contributed by atoms with E-state index in [1.165, 1.54) is 18.4 Å². The van der Waals surface area contributed by atoms with Gasteiger partial charge in [0.1, 0.15) is 0 Å². The second kappa shape index (κ2) is 7.10. The first-order valence-electron chi connectivity index (χ1n) is 6.48. The van der Waals surface area contributed by atoms with Gasteiger partial charge < -0.3 is 5.11 Å². The number of rotatable bonds is 7. The van der Waals surface area contributed by atoms with Crippen molar-refractivity contribution in [3.63, 3.8) is 0 Å². The molecular formula is C15H22O2. The molecule has 1 unspecified atom stereocenters. The van der Waals surface area contributed by atoms with Crippen molar-refractivity contribution in [2.24, 2.45) is 0 Å². The van der Waals surface area contributed by atoms with Gasteiger partial charge in [0.2, 0.25) is 0 Å². The largest absolute Gasteiger partial charge is 0.481 e. The number of hydrogen-bond acceptors (Lipinski definition) is 1. The second-order valence-electron chi connectivity index (χ2n) is 4.53. The van der Waals surface area contributed by atoms with E-state index in [0.29, 0.717) is 12.3 Å². The lowest BCUT2D eigenvalue weighted by atomic mass is 9.90. The fraction of sp³-hybridized carbons (Fsp3) is 0.533. The molecule has 0 bridgehead atoms. The normalized spacial score (nSPS) is 12.4. The minimum Gasteiger partial charge on any atom is -0.481 e. The predicted octanol–water partition coefficient (Wildman–Crippen LogP) is 4.00. The van der Waals surface area contributed by atoms with Gasteiger partial charge in [-0.1, -0.05) is 44.5 Å². The minimum atomic E-state index is -0.726. The maximum atomic E-state index is 10.6. The Morgan fingerprint density at radius 2 is 2.12 bits per heavy atom. The van der Waals surface area contributed by atoms with E-state index in [-0.39, 0.29) is 6.42 Å². The first kappa shape index (κ1) is 13.8. The molecule has 0 saturated heterocycles. The summed E-state index contributed by atoms with van der Waals surface area (Å²) in [7, 11) is 0. The summed E-state index contributed by atoms with van der Waals surface area (Å²) in [5, 5.41) is 8.68. The fourth-order valence-corrected chi connectivity index (χ4v) is 2.21. The number of aryl methyl sites for hydroxylation is 1. The molecule has 0 aromatic heterocycles. The fourth-order valence-electron chi connectivity index (χ4n) is 2.21. The molecule has 1 N–H and O–H groups in total. The van der Waals surface area contributed by atoms with Crippen molar-refractivity contribution in [2.75, 3.05) is 0 Å². The third-order valence-corrected chi connectivity index (χ3v) is 3.18. The van der Waals surface area contributed by atoms with Crippen molar-refractivity contribution < 1.29 is 9.90 Å². The Balaban J connectivity index is 2.73. The monoisotopic (exact) mass is 234 g/mol. The van der Waals surface area contributed by atoms with E-state index in [1.54, 1.807) is 0 Å². The van der Waals surface area contributed by atoms with E-state index >= 15 is 0 Å². The molecule has 1 aromatic carbocycles. The number of hydrogen-bond donors (Lipinski definition) is 1. The van der Waals surface area contributed by atoms with Crippen LogP contribution in [-0.2, 0) is 11.2 Å². The summed E-state index contributed by atoms with van der Waals surface area (Å²) in [4.78, 5) is 10.6. The number of benzene rings is 1. The zero-order valence-electron chi connectivity index (χ0n) is 10.8. The highest BCUT2D eigenvalue weighted by Crippen LogP contribution is 2.25. The zero-order chi connectivity index (χ0) is 12.7. The molecule has 2 nitrogen and oxygen atoms in total. The smallest absolute Gasteiger partial charge is 0.303 e. The molecule has 1 aromatic rings. The summed E-state index contributed by atoms with van der Waals surface area (Å²) in [5.41, 5.74) is 2.50. The average molecular weight is 234 g/mol. The summed E-state index contributed by atoms with van der Waals surface area (Å²) >= 11 is 0. The highest BCUT2D eigenvalue weighted by Gasteiger charge is 2.09. The molecule has 2 heteroatoms. The Morgan fingerprint density at radius 3 is 2.71 bits per heavy atom. The van der Waals surface area contributed by atoms with Crippen LogP contribution in [0.4, 0.5) is 0 Å². The third-order valence-electron chi connectivity index (χ3n) is 3.18. The molecule has 0 fully saturated rings. The maximum absolute atomic E-state index is 10.6. The molecule has 94 valence electrons. The standard InChI is InChI=1S/C15H22O2/c1-3-6-13(4-2)14-8-5-7-12(11-14)9-10-15(16)17/h5,7-8,11,13H,3-4,6,9-10H2,1-2H3,(H,16,17). The van der Waals surface area contributed by atoms with Crippen molar-refractivity contribution in [2.45, 2.75) is 51.9 Å². The molecule has 1 rings (SSSR count). The molecule has 0 aliphatic heterocycles. The summed E-state index contributed by atoms with van der Waals surface area (Å²) in [6, 6.07) is 8.40. The number of carbonyl (C=O) groups is 1. The van der Waals surface area contributed by atoms with E-state index in [2.05, 4.69) is 26.0 Å². The lowest BCUT2D eigenvalue weighted by molar-refractivity contribution is -0.136. The van der Waals surface area contributed by atoms with Crippen LogP contribution in [0.2, 0.25) is 0 Å². The van der Waals surface area contributed by atoms with Gasteiger partial charge in [-0.15, -0.1) is 0 Å². The average Bonchev–Trinajstić information content (AvgIpc) is 2.34. The quantitative estimate of drug-likeness (QED) is 0.774. The van der Waals surface area contributed by atoms with Crippen LogP contribution >= 0.6 is 0 Å². The van der Waals surface area contributed by atoms with E-state index in [9.17, 15) is 4.79 Å². The zero-order valence-corrected chi connectivity index (χ0v) is 10.8. The Bertz CT molecular complexity index is 358. The molecule has 0 radical (unpaired) electrons. The lowest BCUT2D eigenvalue weighted by Crippen LogP contribution is -2.00. The molecule has 1 atom stereocenters. The topological polar surface area (TPSA) is 37.3 Å². The van der Waals surface area contributed by atoms with E-state index in [0.717, 1.165) is 12.0 Å². The van der Waals surface area contributed by atoms with Gasteiger partial charge in [0, 0.05) is 6.42 Å². The molecule has 0 saturated carbocycles. The van der Waals surface area contributed by atoms with Crippen LogP contribution < -0.4 is 0 Å². The summed E-state index contributed by atoms with van der Waals surface area (Å²) in [6.45, 7) is 4.42. The van der Waals surface area contributed by atoms with Crippen LogP contribution in [0.15, 0.2) is 24.3 Å². The SMILES string of the molecule is CCCC(CC)c1cccc(CCC(=O)O)c1. The van der Waals surface area contributed by atoms with Gasteiger partial charge in [-0.2, -0.15) is 0 Å². The summed E-state index contributed by atoms with van der Waals surface area (Å²) < 4.78 is 0. The van der Waals surface area contributed by atoms with Crippen LogP contribution in [0.25, 0.3) is 0 Å². The first-order chi connectivity index (χ1) is 8.17. The number of carboxylic acids is 1. The molecule has 0 amide bonds. The van der Waals surface area contributed by atoms with Crippen LogP contribution in [0.3, 0.4) is 0 Å². The van der Waals surface area contributed by atoms with Gasteiger partial charge in [-0.25, -0.2) is 0 Å². The Hall–Kier alpha value is -1.31. The molecule has 0 spiro atoms. The van der Waals surface area contributed by atoms with Gasteiger partial charge in [-0.05, 0) is 36.3 Å². The summed E-state index contributed by atoms with van der Waals surface area (Å²) in [5.74, 6) is -0.110. The van der Waals surface area contributed by atoms with Gasteiger partial charge >= 0.3 is 5.97 Å². The van der Waals surface area contributed by atoms with Crippen LogP contribution in [0, 0.1) is 0 Å². The Morgan fingerprint density at radius 1 is 1.35 bits per heavy atom. The Labute approximate surface area is 104 Å². The van der Waals surface area contributed by atoms with Crippen LogP contribution in [0.1, 0.15) is 56.6 Å².